The van der Waals surface area contributed by atoms with Gasteiger partial charge in [0.25, 0.3) is 5.91 Å². The number of hydrogen-bond acceptors (Lipinski definition) is 4. The predicted molar refractivity (Wildman–Crippen MR) is 102 cm³/mol. The van der Waals surface area contributed by atoms with Crippen molar-refractivity contribution in [3.63, 3.8) is 0 Å². The zero-order chi connectivity index (χ0) is 20.0. The van der Waals surface area contributed by atoms with E-state index in [1.165, 1.54) is 5.56 Å². The van der Waals surface area contributed by atoms with Gasteiger partial charge in [0, 0.05) is 12.1 Å². The molecule has 7 nitrogen and oxygen atoms in total. The van der Waals surface area contributed by atoms with Crippen molar-refractivity contribution in [3.8, 4) is 11.5 Å². The first-order chi connectivity index (χ1) is 12.7. The minimum atomic E-state index is -0.719. The van der Waals surface area contributed by atoms with Crippen LogP contribution in [-0.2, 0) is 5.41 Å². The van der Waals surface area contributed by atoms with Crippen LogP contribution in [0.5, 0.6) is 11.5 Å². The van der Waals surface area contributed by atoms with E-state index >= 15 is 0 Å². The standard InChI is InChI=1S/C20H25N3O4/c1-20(2,3)15-7-9-16(10-8-15)27-17-6-4-5-14(13-17)18(24)23(26)12-11-22-19(21)25/h4-10,13,26H,11-12H2,1-3H3,(H3,21,22,25). The molecular weight excluding hydrogens is 346 g/mol. The summed E-state index contributed by atoms with van der Waals surface area (Å²) in [5.74, 6) is 0.530. The van der Waals surface area contributed by atoms with Crippen molar-refractivity contribution >= 4 is 11.9 Å². The highest BCUT2D eigenvalue weighted by atomic mass is 16.5. The van der Waals surface area contributed by atoms with E-state index in [1.54, 1.807) is 24.3 Å². The molecule has 2 rings (SSSR count). The molecule has 0 aliphatic heterocycles. The Kier molecular flexibility index (Phi) is 6.41. The van der Waals surface area contributed by atoms with Crippen molar-refractivity contribution in [1.82, 2.24) is 10.4 Å². The molecule has 0 unspecified atom stereocenters. The second-order valence-corrected chi connectivity index (χ2v) is 7.12. The third-order valence-corrected chi connectivity index (χ3v) is 3.89. The number of ether oxygens (including phenoxy) is 1. The van der Waals surface area contributed by atoms with Crippen LogP contribution in [0.4, 0.5) is 4.79 Å². The summed E-state index contributed by atoms with van der Waals surface area (Å²) in [5, 5.41) is 12.6. The zero-order valence-corrected chi connectivity index (χ0v) is 15.7. The van der Waals surface area contributed by atoms with Gasteiger partial charge in [-0.2, -0.15) is 0 Å². The summed E-state index contributed by atoms with van der Waals surface area (Å²) >= 11 is 0. The smallest absolute Gasteiger partial charge is 0.312 e. The molecule has 3 amide bonds. The molecule has 0 fully saturated rings. The monoisotopic (exact) mass is 371 g/mol. The molecule has 0 saturated heterocycles. The van der Waals surface area contributed by atoms with Crippen LogP contribution in [0, 0.1) is 0 Å². The fraction of sp³-hybridized carbons (Fsp3) is 0.300. The van der Waals surface area contributed by atoms with Crippen LogP contribution in [0.25, 0.3) is 0 Å². The lowest BCUT2D eigenvalue weighted by Crippen LogP contribution is -2.38. The highest BCUT2D eigenvalue weighted by molar-refractivity contribution is 5.93. The number of benzene rings is 2. The Bertz CT molecular complexity index is 798. The highest BCUT2D eigenvalue weighted by Gasteiger charge is 2.15. The number of carbonyl (C=O) groups excluding carboxylic acids is 2. The first kappa shape index (κ1) is 20.3. The lowest BCUT2D eigenvalue weighted by Gasteiger charge is -2.19. The van der Waals surface area contributed by atoms with Crippen LogP contribution >= 0.6 is 0 Å². The molecule has 0 aliphatic rings. The Balaban J connectivity index is 2.04. The molecule has 0 aromatic heterocycles. The third-order valence-electron chi connectivity index (χ3n) is 3.89. The summed E-state index contributed by atoms with van der Waals surface area (Å²) < 4.78 is 5.80. The minimum absolute atomic E-state index is 0.0495. The van der Waals surface area contributed by atoms with Crippen molar-refractivity contribution in [2.24, 2.45) is 5.73 Å². The number of hydroxylamine groups is 2. The summed E-state index contributed by atoms with van der Waals surface area (Å²) in [7, 11) is 0. The van der Waals surface area contributed by atoms with Crippen molar-refractivity contribution in [3.05, 3.63) is 59.7 Å². The number of carbonyl (C=O) groups is 2. The summed E-state index contributed by atoms with van der Waals surface area (Å²) in [6, 6.07) is 13.6. The molecule has 144 valence electrons. The summed E-state index contributed by atoms with van der Waals surface area (Å²) in [5.41, 5.74) is 6.45. The van der Waals surface area contributed by atoms with Crippen molar-refractivity contribution in [1.29, 1.82) is 0 Å². The van der Waals surface area contributed by atoms with Gasteiger partial charge in [-0.05, 0) is 41.3 Å². The van der Waals surface area contributed by atoms with E-state index in [2.05, 4.69) is 26.1 Å². The Morgan fingerprint density at radius 2 is 1.78 bits per heavy atom. The van der Waals surface area contributed by atoms with Gasteiger partial charge in [0.15, 0.2) is 0 Å². The van der Waals surface area contributed by atoms with E-state index < -0.39 is 11.9 Å². The topological polar surface area (TPSA) is 105 Å². The Labute approximate surface area is 158 Å². The molecule has 2 aromatic rings. The third kappa shape index (κ3) is 6.00. The average Bonchev–Trinajstić information content (AvgIpc) is 2.60. The van der Waals surface area contributed by atoms with Crippen molar-refractivity contribution in [2.45, 2.75) is 26.2 Å². The largest absolute Gasteiger partial charge is 0.457 e. The molecule has 27 heavy (non-hydrogen) atoms. The first-order valence-corrected chi connectivity index (χ1v) is 8.59. The number of amides is 3. The molecule has 7 heteroatoms. The second-order valence-electron chi connectivity index (χ2n) is 7.12. The van der Waals surface area contributed by atoms with Gasteiger partial charge in [-0.1, -0.05) is 39.0 Å². The van der Waals surface area contributed by atoms with E-state index in [-0.39, 0.29) is 24.1 Å². The number of nitrogens with two attached hydrogens (primary N) is 1. The van der Waals surface area contributed by atoms with Gasteiger partial charge < -0.3 is 15.8 Å². The van der Waals surface area contributed by atoms with Gasteiger partial charge >= 0.3 is 6.03 Å². The average molecular weight is 371 g/mol. The molecule has 2 aromatic carbocycles. The Morgan fingerprint density at radius 1 is 1.11 bits per heavy atom. The summed E-state index contributed by atoms with van der Waals surface area (Å²) in [6.45, 7) is 6.38. The molecule has 0 spiro atoms. The van der Waals surface area contributed by atoms with Crippen LogP contribution in [0.3, 0.4) is 0 Å². The van der Waals surface area contributed by atoms with Gasteiger partial charge in [0.05, 0.1) is 6.54 Å². The van der Waals surface area contributed by atoms with Gasteiger partial charge in [-0.25, -0.2) is 9.86 Å². The van der Waals surface area contributed by atoms with Gasteiger partial charge in [-0.15, -0.1) is 0 Å². The molecule has 0 saturated carbocycles. The Hall–Kier alpha value is -3.06. The maximum absolute atomic E-state index is 12.3. The van der Waals surface area contributed by atoms with E-state index in [1.807, 2.05) is 24.3 Å². The van der Waals surface area contributed by atoms with Gasteiger partial charge in [0.2, 0.25) is 0 Å². The number of nitrogens with zero attached hydrogens (tertiary/aromatic N) is 1. The van der Waals surface area contributed by atoms with Crippen LogP contribution in [0.1, 0.15) is 36.7 Å². The SMILES string of the molecule is CC(C)(C)c1ccc(Oc2cccc(C(=O)N(O)CCNC(N)=O)c2)cc1. The molecule has 0 aliphatic carbocycles. The van der Waals surface area contributed by atoms with E-state index in [9.17, 15) is 14.8 Å². The van der Waals surface area contributed by atoms with Crippen molar-refractivity contribution in [2.75, 3.05) is 13.1 Å². The molecular formula is C20H25N3O4. The number of hydrogen-bond donors (Lipinski definition) is 3. The molecule has 4 N–H and O–H groups in total. The number of nitrogens with one attached hydrogen (secondary N) is 1. The first-order valence-electron chi connectivity index (χ1n) is 8.59. The highest BCUT2D eigenvalue weighted by Crippen LogP contribution is 2.27. The van der Waals surface area contributed by atoms with Crippen LogP contribution in [0.2, 0.25) is 0 Å². The van der Waals surface area contributed by atoms with E-state index in [4.69, 9.17) is 10.5 Å². The molecule has 0 radical (unpaired) electrons. The molecule has 0 atom stereocenters. The summed E-state index contributed by atoms with van der Waals surface area (Å²) in [4.78, 5) is 22.9. The van der Waals surface area contributed by atoms with Crippen molar-refractivity contribution < 1.29 is 19.5 Å². The zero-order valence-electron chi connectivity index (χ0n) is 15.7. The predicted octanol–water partition coefficient (Wildman–Crippen LogP) is 3.28. The quantitative estimate of drug-likeness (QED) is 0.535. The van der Waals surface area contributed by atoms with Crippen LogP contribution < -0.4 is 15.8 Å². The number of urea groups is 1. The number of rotatable bonds is 6. The second kappa shape index (κ2) is 8.55. The Morgan fingerprint density at radius 3 is 2.37 bits per heavy atom. The fourth-order valence-corrected chi connectivity index (χ4v) is 2.39. The van der Waals surface area contributed by atoms with E-state index in [0.29, 0.717) is 16.6 Å². The molecule has 0 bridgehead atoms. The normalized spacial score (nSPS) is 11.0. The lowest BCUT2D eigenvalue weighted by molar-refractivity contribution is -0.0564. The van der Waals surface area contributed by atoms with Crippen LogP contribution in [-0.4, -0.2) is 35.3 Å². The van der Waals surface area contributed by atoms with Crippen LogP contribution in [0.15, 0.2) is 48.5 Å². The van der Waals surface area contributed by atoms with Gasteiger partial charge in [-0.3, -0.25) is 10.0 Å². The number of primary amides is 1. The maximum atomic E-state index is 12.3. The summed E-state index contributed by atoms with van der Waals surface area (Å²) in [6.07, 6.45) is 0. The van der Waals surface area contributed by atoms with Gasteiger partial charge in [0.1, 0.15) is 11.5 Å². The fourth-order valence-electron chi connectivity index (χ4n) is 2.39. The maximum Gasteiger partial charge on any atom is 0.312 e. The molecule has 0 heterocycles. The minimum Gasteiger partial charge on any atom is -0.457 e. The lowest BCUT2D eigenvalue weighted by atomic mass is 9.87. The van der Waals surface area contributed by atoms with E-state index in [0.717, 1.165) is 0 Å².